The van der Waals surface area contributed by atoms with E-state index in [9.17, 15) is 4.79 Å². The first-order valence-corrected chi connectivity index (χ1v) is 9.09. The number of hydrogen-bond donors (Lipinski definition) is 1. The molecule has 1 N–H and O–H groups in total. The number of fused-ring (bicyclic) bond motifs is 1. The summed E-state index contributed by atoms with van der Waals surface area (Å²) in [6.45, 7) is 1.90. The number of rotatable bonds is 6. The SMILES string of the molecule is COc1cccc(Cn2nnc3cc(C(=O)NC[C@H]4CCCO4)ccc32)c1. The summed E-state index contributed by atoms with van der Waals surface area (Å²) in [6, 6.07) is 13.3. The molecule has 140 valence electrons. The second kappa shape index (κ2) is 7.75. The Hall–Kier alpha value is -2.93. The van der Waals surface area contributed by atoms with Crippen LogP contribution in [0.4, 0.5) is 0 Å². The molecule has 1 fully saturated rings. The van der Waals surface area contributed by atoms with Crippen LogP contribution in [0.1, 0.15) is 28.8 Å². The van der Waals surface area contributed by atoms with E-state index < -0.39 is 0 Å². The fourth-order valence-corrected chi connectivity index (χ4v) is 3.29. The van der Waals surface area contributed by atoms with Crippen LogP contribution in [0.25, 0.3) is 11.0 Å². The van der Waals surface area contributed by atoms with E-state index in [4.69, 9.17) is 9.47 Å². The van der Waals surface area contributed by atoms with E-state index >= 15 is 0 Å². The number of carbonyl (C=O) groups is 1. The van der Waals surface area contributed by atoms with E-state index in [0.29, 0.717) is 24.2 Å². The highest BCUT2D eigenvalue weighted by Gasteiger charge is 2.17. The lowest BCUT2D eigenvalue weighted by atomic mass is 10.1. The van der Waals surface area contributed by atoms with E-state index in [1.165, 1.54) is 0 Å². The van der Waals surface area contributed by atoms with Gasteiger partial charge in [-0.1, -0.05) is 17.3 Å². The zero-order valence-corrected chi connectivity index (χ0v) is 15.2. The molecule has 27 heavy (non-hydrogen) atoms. The summed E-state index contributed by atoms with van der Waals surface area (Å²) in [6.07, 6.45) is 2.18. The second-order valence-electron chi connectivity index (χ2n) is 6.65. The molecule has 1 aliphatic rings. The second-order valence-corrected chi connectivity index (χ2v) is 6.65. The van der Waals surface area contributed by atoms with Gasteiger partial charge < -0.3 is 14.8 Å². The van der Waals surface area contributed by atoms with E-state index in [-0.39, 0.29) is 12.0 Å². The average Bonchev–Trinajstić information content (AvgIpc) is 3.36. The smallest absolute Gasteiger partial charge is 0.251 e. The molecule has 7 heteroatoms. The molecule has 4 rings (SSSR count). The third-order valence-electron chi connectivity index (χ3n) is 4.76. The lowest BCUT2D eigenvalue weighted by Gasteiger charge is -2.10. The van der Waals surface area contributed by atoms with Gasteiger partial charge in [0.05, 0.1) is 25.3 Å². The molecule has 1 amide bonds. The van der Waals surface area contributed by atoms with Crippen molar-refractivity contribution in [2.75, 3.05) is 20.3 Å². The van der Waals surface area contributed by atoms with Crippen LogP contribution in [0, 0.1) is 0 Å². The minimum Gasteiger partial charge on any atom is -0.497 e. The van der Waals surface area contributed by atoms with Gasteiger partial charge in [0.15, 0.2) is 0 Å². The predicted octanol–water partition coefficient (Wildman–Crippen LogP) is 2.40. The van der Waals surface area contributed by atoms with Crippen molar-refractivity contribution in [1.29, 1.82) is 0 Å². The molecule has 0 unspecified atom stereocenters. The van der Waals surface area contributed by atoms with E-state index in [1.807, 2.05) is 35.0 Å². The average molecular weight is 366 g/mol. The van der Waals surface area contributed by atoms with E-state index in [0.717, 1.165) is 36.3 Å². The third kappa shape index (κ3) is 3.93. The minimum absolute atomic E-state index is 0.116. The Bertz CT molecular complexity index is 947. The molecule has 0 radical (unpaired) electrons. The number of methoxy groups -OCH3 is 1. The fraction of sp³-hybridized carbons (Fsp3) is 0.350. The van der Waals surface area contributed by atoms with Gasteiger partial charge in [-0.2, -0.15) is 0 Å². The first-order valence-electron chi connectivity index (χ1n) is 9.09. The summed E-state index contributed by atoms with van der Waals surface area (Å²) in [5, 5.41) is 11.4. The Labute approximate surface area is 157 Å². The maximum atomic E-state index is 12.4. The van der Waals surface area contributed by atoms with Gasteiger partial charge in [-0.3, -0.25) is 4.79 Å². The fourth-order valence-electron chi connectivity index (χ4n) is 3.29. The summed E-state index contributed by atoms with van der Waals surface area (Å²) < 4.78 is 12.6. The van der Waals surface area contributed by atoms with Crippen LogP contribution < -0.4 is 10.1 Å². The highest BCUT2D eigenvalue weighted by Crippen LogP contribution is 2.18. The summed E-state index contributed by atoms with van der Waals surface area (Å²) in [4.78, 5) is 12.4. The van der Waals surface area contributed by atoms with Gasteiger partial charge in [-0.05, 0) is 48.7 Å². The molecule has 0 spiro atoms. The van der Waals surface area contributed by atoms with Gasteiger partial charge in [0, 0.05) is 18.7 Å². The van der Waals surface area contributed by atoms with Crippen LogP contribution in [-0.2, 0) is 11.3 Å². The first-order chi connectivity index (χ1) is 13.2. The van der Waals surface area contributed by atoms with Gasteiger partial charge in [0.25, 0.3) is 5.91 Å². The van der Waals surface area contributed by atoms with Crippen molar-refractivity contribution >= 4 is 16.9 Å². The molecular formula is C20H22N4O3. The summed E-state index contributed by atoms with van der Waals surface area (Å²) in [7, 11) is 1.65. The predicted molar refractivity (Wildman–Crippen MR) is 101 cm³/mol. The van der Waals surface area contributed by atoms with Crippen LogP contribution in [0.3, 0.4) is 0 Å². The van der Waals surface area contributed by atoms with Crippen molar-refractivity contribution in [3.8, 4) is 5.75 Å². The Morgan fingerprint density at radius 3 is 3.07 bits per heavy atom. The molecule has 1 saturated heterocycles. The number of carbonyl (C=O) groups excluding carboxylic acids is 1. The highest BCUT2D eigenvalue weighted by molar-refractivity contribution is 5.97. The number of benzene rings is 2. The van der Waals surface area contributed by atoms with Crippen molar-refractivity contribution in [3.05, 3.63) is 53.6 Å². The molecule has 2 aromatic carbocycles. The molecule has 1 aromatic heterocycles. The Morgan fingerprint density at radius 2 is 2.26 bits per heavy atom. The zero-order valence-electron chi connectivity index (χ0n) is 15.2. The monoisotopic (exact) mass is 366 g/mol. The maximum Gasteiger partial charge on any atom is 0.251 e. The molecule has 1 atom stereocenters. The summed E-state index contributed by atoms with van der Waals surface area (Å²) >= 11 is 0. The van der Waals surface area contributed by atoms with Gasteiger partial charge in [0.1, 0.15) is 11.3 Å². The first kappa shape index (κ1) is 17.5. The third-order valence-corrected chi connectivity index (χ3v) is 4.76. The Kier molecular flexibility index (Phi) is 5.02. The zero-order chi connectivity index (χ0) is 18.6. The normalized spacial score (nSPS) is 16.6. The number of aromatic nitrogens is 3. The van der Waals surface area contributed by atoms with Gasteiger partial charge >= 0.3 is 0 Å². The van der Waals surface area contributed by atoms with Crippen molar-refractivity contribution in [2.24, 2.45) is 0 Å². The Balaban J connectivity index is 1.48. The van der Waals surface area contributed by atoms with E-state index in [2.05, 4.69) is 15.6 Å². The quantitative estimate of drug-likeness (QED) is 0.725. The Morgan fingerprint density at radius 1 is 1.33 bits per heavy atom. The molecular weight excluding hydrogens is 344 g/mol. The van der Waals surface area contributed by atoms with Crippen LogP contribution in [0.5, 0.6) is 5.75 Å². The molecule has 0 aliphatic carbocycles. The number of nitrogens with zero attached hydrogens (tertiary/aromatic N) is 3. The molecule has 3 aromatic rings. The van der Waals surface area contributed by atoms with Crippen molar-refractivity contribution in [2.45, 2.75) is 25.5 Å². The topological polar surface area (TPSA) is 78.3 Å². The summed E-state index contributed by atoms with van der Waals surface area (Å²) in [5.74, 6) is 0.692. The number of amides is 1. The minimum atomic E-state index is -0.116. The lowest BCUT2D eigenvalue weighted by Crippen LogP contribution is -2.31. The highest BCUT2D eigenvalue weighted by atomic mass is 16.5. The van der Waals surface area contributed by atoms with Gasteiger partial charge in [-0.15, -0.1) is 5.10 Å². The van der Waals surface area contributed by atoms with Gasteiger partial charge in [-0.25, -0.2) is 4.68 Å². The standard InChI is InChI=1S/C20H22N4O3/c1-26-16-5-2-4-14(10-16)13-24-19-8-7-15(11-18(19)22-23-24)20(25)21-12-17-6-3-9-27-17/h2,4-5,7-8,10-11,17H,3,6,9,12-13H2,1H3,(H,21,25)/t17-/m1/s1. The van der Waals surface area contributed by atoms with Crippen LogP contribution >= 0.6 is 0 Å². The molecule has 0 saturated carbocycles. The maximum absolute atomic E-state index is 12.4. The molecule has 0 bridgehead atoms. The number of ether oxygens (including phenoxy) is 2. The molecule has 7 nitrogen and oxygen atoms in total. The summed E-state index contributed by atoms with van der Waals surface area (Å²) in [5.41, 5.74) is 3.23. The number of hydrogen-bond acceptors (Lipinski definition) is 5. The molecule has 2 heterocycles. The van der Waals surface area contributed by atoms with Crippen molar-refractivity contribution in [3.63, 3.8) is 0 Å². The largest absolute Gasteiger partial charge is 0.497 e. The number of nitrogens with one attached hydrogen (secondary N) is 1. The van der Waals surface area contributed by atoms with Crippen molar-refractivity contribution in [1.82, 2.24) is 20.3 Å². The molecule has 1 aliphatic heterocycles. The lowest BCUT2D eigenvalue weighted by molar-refractivity contribution is 0.0858. The van der Waals surface area contributed by atoms with Crippen molar-refractivity contribution < 1.29 is 14.3 Å². The van der Waals surface area contributed by atoms with Crippen LogP contribution in [-0.4, -0.2) is 47.3 Å². The van der Waals surface area contributed by atoms with Gasteiger partial charge in [0.2, 0.25) is 0 Å². The van der Waals surface area contributed by atoms with Crippen LogP contribution in [0.15, 0.2) is 42.5 Å². The van der Waals surface area contributed by atoms with Crippen LogP contribution in [0.2, 0.25) is 0 Å². The van der Waals surface area contributed by atoms with E-state index in [1.54, 1.807) is 19.2 Å².